The highest BCUT2D eigenvalue weighted by Crippen LogP contribution is 2.21. The number of hydrogen-bond acceptors (Lipinski definition) is 6. The van der Waals surface area contributed by atoms with E-state index < -0.39 is 10.0 Å². The van der Waals surface area contributed by atoms with Gasteiger partial charge in [0, 0.05) is 18.8 Å². The number of allylic oxidation sites excluding steroid dienone is 2. The molecule has 0 aromatic heterocycles. The van der Waals surface area contributed by atoms with Crippen molar-refractivity contribution in [2.24, 2.45) is 11.8 Å². The van der Waals surface area contributed by atoms with Crippen molar-refractivity contribution in [1.82, 2.24) is 4.31 Å². The van der Waals surface area contributed by atoms with E-state index in [1.54, 1.807) is 18.2 Å². The number of nitriles is 3. The van der Waals surface area contributed by atoms with Gasteiger partial charge in [0.2, 0.25) is 10.0 Å². The summed E-state index contributed by atoms with van der Waals surface area (Å²) >= 11 is 0. The SMILES string of the molecule is CC(C)CN(CC(C)C)S(=O)(=O)c1ccc(NC(C#N)=C(C#N)C#N)cc1. The van der Waals surface area contributed by atoms with Crippen LogP contribution in [0.4, 0.5) is 5.69 Å². The highest BCUT2D eigenvalue weighted by molar-refractivity contribution is 7.89. The Morgan fingerprint density at radius 1 is 0.963 bits per heavy atom. The van der Waals surface area contributed by atoms with Crippen LogP contribution < -0.4 is 5.32 Å². The summed E-state index contributed by atoms with van der Waals surface area (Å²) < 4.78 is 27.4. The van der Waals surface area contributed by atoms with Gasteiger partial charge in [0.05, 0.1) is 4.90 Å². The molecule has 0 atom stereocenters. The highest BCUT2D eigenvalue weighted by atomic mass is 32.2. The average molecular weight is 385 g/mol. The first-order valence-corrected chi connectivity index (χ1v) is 9.91. The second-order valence-electron chi connectivity index (χ2n) is 6.84. The molecule has 0 spiro atoms. The average Bonchev–Trinajstić information content (AvgIpc) is 2.60. The molecule has 0 amide bonds. The Hall–Kier alpha value is -2.86. The molecular formula is C19H23N5O2S. The fraction of sp³-hybridized carbons (Fsp3) is 0.421. The predicted octanol–water partition coefficient (Wildman–Crippen LogP) is 3.23. The molecule has 0 saturated carbocycles. The minimum Gasteiger partial charge on any atom is -0.345 e. The van der Waals surface area contributed by atoms with Crippen LogP contribution in [0.2, 0.25) is 0 Å². The first kappa shape index (κ1) is 22.2. The minimum absolute atomic E-state index is 0.151. The first-order valence-electron chi connectivity index (χ1n) is 8.47. The van der Waals surface area contributed by atoms with E-state index in [2.05, 4.69) is 5.32 Å². The number of anilines is 1. The van der Waals surface area contributed by atoms with Crippen LogP contribution in [0.1, 0.15) is 27.7 Å². The Bertz CT molecular complexity index is 885. The molecular weight excluding hydrogens is 362 g/mol. The molecule has 1 rings (SSSR count). The van der Waals surface area contributed by atoms with Gasteiger partial charge in [-0.05, 0) is 36.1 Å². The zero-order chi connectivity index (χ0) is 20.6. The maximum atomic E-state index is 13.0. The number of sulfonamides is 1. The Balaban J connectivity index is 3.16. The largest absolute Gasteiger partial charge is 0.345 e. The van der Waals surface area contributed by atoms with Crippen LogP contribution in [0, 0.1) is 45.8 Å². The second kappa shape index (κ2) is 9.73. The highest BCUT2D eigenvalue weighted by Gasteiger charge is 2.25. The topological polar surface area (TPSA) is 121 Å². The fourth-order valence-electron chi connectivity index (χ4n) is 2.37. The summed E-state index contributed by atoms with van der Waals surface area (Å²) in [6.45, 7) is 8.72. The molecule has 0 heterocycles. The van der Waals surface area contributed by atoms with E-state index >= 15 is 0 Å². The standard InChI is InChI=1S/C19H23N5O2S/c1-14(2)12-24(13-15(3)4)27(25,26)18-7-5-17(6-8-18)23-19(11-22)16(9-20)10-21/h5-8,14-15,23H,12-13H2,1-4H3. The molecule has 0 saturated heterocycles. The van der Waals surface area contributed by atoms with Gasteiger partial charge in [-0.25, -0.2) is 8.42 Å². The van der Waals surface area contributed by atoms with Gasteiger partial charge in [-0.2, -0.15) is 20.1 Å². The second-order valence-corrected chi connectivity index (χ2v) is 8.78. The third-order valence-corrected chi connectivity index (χ3v) is 5.33. The lowest BCUT2D eigenvalue weighted by atomic mass is 10.2. The van der Waals surface area contributed by atoms with E-state index in [1.807, 2.05) is 27.7 Å². The van der Waals surface area contributed by atoms with Gasteiger partial charge in [0.1, 0.15) is 23.9 Å². The molecule has 1 N–H and O–H groups in total. The van der Waals surface area contributed by atoms with Crippen LogP contribution in [-0.4, -0.2) is 25.8 Å². The van der Waals surface area contributed by atoms with Crippen molar-refractivity contribution in [2.75, 3.05) is 18.4 Å². The van der Waals surface area contributed by atoms with Crippen LogP contribution in [0.15, 0.2) is 40.4 Å². The Morgan fingerprint density at radius 2 is 1.44 bits per heavy atom. The van der Waals surface area contributed by atoms with Crippen molar-refractivity contribution in [3.63, 3.8) is 0 Å². The molecule has 1 aromatic rings. The van der Waals surface area contributed by atoms with Crippen molar-refractivity contribution in [1.29, 1.82) is 15.8 Å². The smallest absolute Gasteiger partial charge is 0.243 e. The lowest BCUT2D eigenvalue weighted by molar-refractivity contribution is 0.333. The van der Waals surface area contributed by atoms with Crippen LogP contribution in [0.5, 0.6) is 0 Å². The van der Waals surface area contributed by atoms with Crippen LogP contribution >= 0.6 is 0 Å². The van der Waals surface area contributed by atoms with Crippen molar-refractivity contribution in [2.45, 2.75) is 32.6 Å². The Labute approximate surface area is 161 Å². The molecule has 0 fully saturated rings. The molecule has 0 bridgehead atoms. The third-order valence-electron chi connectivity index (χ3n) is 3.48. The summed E-state index contributed by atoms with van der Waals surface area (Å²) in [5.41, 5.74) is -0.112. The monoisotopic (exact) mass is 385 g/mol. The van der Waals surface area contributed by atoms with Crippen LogP contribution in [-0.2, 0) is 10.0 Å². The van der Waals surface area contributed by atoms with Gasteiger partial charge in [0.15, 0.2) is 5.57 Å². The van der Waals surface area contributed by atoms with Crippen molar-refractivity contribution < 1.29 is 8.42 Å². The van der Waals surface area contributed by atoms with Gasteiger partial charge in [0.25, 0.3) is 0 Å². The molecule has 0 aliphatic carbocycles. The van der Waals surface area contributed by atoms with Crippen molar-refractivity contribution in [3.05, 3.63) is 35.5 Å². The zero-order valence-corrected chi connectivity index (χ0v) is 16.7. The number of hydrogen-bond donors (Lipinski definition) is 1. The van der Waals surface area contributed by atoms with Crippen molar-refractivity contribution >= 4 is 15.7 Å². The summed E-state index contributed by atoms with van der Waals surface area (Å²) in [5.74, 6) is 0.386. The lowest BCUT2D eigenvalue weighted by Gasteiger charge is -2.25. The van der Waals surface area contributed by atoms with Gasteiger partial charge < -0.3 is 5.32 Å². The summed E-state index contributed by atoms with van der Waals surface area (Å²) in [4.78, 5) is 0.151. The van der Waals surface area contributed by atoms with Crippen LogP contribution in [0.3, 0.4) is 0 Å². The summed E-state index contributed by atoms with van der Waals surface area (Å²) in [6.07, 6.45) is 0. The number of nitrogens with zero attached hydrogens (tertiary/aromatic N) is 4. The Kier molecular flexibility index (Phi) is 7.99. The maximum absolute atomic E-state index is 13.0. The van der Waals surface area contributed by atoms with E-state index in [4.69, 9.17) is 15.8 Å². The third kappa shape index (κ3) is 6.11. The first-order chi connectivity index (χ1) is 12.6. The molecule has 8 heteroatoms. The molecule has 1 aromatic carbocycles. The summed E-state index contributed by atoms with van der Waals surface area (Å²) in [7, 11) is -3.64. The van der Waals surface area contributed by atoms with E-state index in [0.29, 0.717) is 18.8 Å². The van der Waals surface area contributed by atoms with E-state index in [9.17, 15) is 8.42 Å². The number of benzene rings is 1. The van der Waals surface area contributed by atoms with E-state index in [0.717, 1.165) is 0 Å². The number of rotatable bonds is 8. The van der Waals surface area contributed by atoms with Gasteiger partial charge in [-0.1, -0.05) is 27.7 Å². The van der Waals surface area contributed by atoms with Gasteiger partial charge >= 0.3 is 0 Å². The molecule has 0 aliphatic rings. The summed E-state index contributed by atoms with van der Waals surface area (Å²) in [6, 6.07) is 10.9. The molecule has 0 radical (unpaired) electrons. The number of nitrogens with one attached hydrogen (secondary N) is 1. The molecule has 7 nitrogen and oxygen atoms in total. The predicted molar refractivity (Wildman–Crippen MR) is 102 cm³/mol. The molecule has 142 valence electrons. The van der Waals surface area contributed by atoms with Crippen molar-refractivity contribution in [3.8, 4) is 18.2 Å². The van der Waals surface area contributed by atoms with E-state index in [1.165, 1.54) is 28.6 Å². The van der Waals surface area contributed by atoms with Gasteiger partial charge in [-0.15, -0.1) is 0 Å². The maximum Gasteiger partial charge on any atom is 0.243 e. The van der Waals surface area contributed by atoms with Crippen LogP contribution in [0.25, 0.3) is 0 Å². The van der Waals surface area contributed by atoms with Gasteiger partial charge in [-0.3, -0.25) is 0 Å². The molecule has 27 heavy (non-hydrogen) atoms. The minimum atomic E-state index is -3.64. The Morgan fingerprint density at radius 3 is 1.81 bits per heavy atom. The zero-order valence-electron chi connectivity index (χ0n) is 15.9. The van der Waals surface area contributed by atoms with E-state index in [-0.39, 0.29) is 28.0 Å². The quantitative estimate of drug-likeness (QED) is 0.686. The lowest BCUT2D eigenvalue weighted by Crippen LogP contribution is -2.37. The molecule has 0 unspecified atom stereocenters. The molecule has 0 aliphatic heterocycles. The summed E-state index contributed by atoms with van der Waals surface area (Å²) in [5, 5.41) is 29.4. The fourth-order valence-corrected chi connectivity index (χ4v) is 4.14. The normalized spacial score (nSPS) is 11.0.